The van der Waals surface area contributed by atoms with Gasteiger partial charge in [0.2, 0.25) is 5.91 Å². The number of nitro groups is 1. The van der Waals surface area contributed by atoms with Crippen LogP contribution in [0.2, 0.25) is 0 Å². The van der Waals surface area contributed by atoms with E-state index in [1.807, 2.05) is 13.0 Å². The Hall–Kier alpha value is -3.16. The first-order chi connectivity index (χ1) is 12.9. The number of carbonyl (C=O) groups is 1. The second kappa shape index (κ2) is 7.61. The van der Waals surface area contributed by atoms with Crippen LogP contribution >= 0.6 is 0 Å². The largest absolute Gasteiger partial charge is 0.495 e. The predicted molar refractivity (Wildman–Crippen MR) is 99.8 cm³/mol. The van der Waals surface area contributed by atoms with Gasteiger partial charge in [0.1, 0.15) is 23.3 Å². The van der Waals surface area contributed by atoms with Gasteiger partial charge < -0.3 is 15.0 Å². The standard InChI is InChI=1S/C19H20FN3O4/c1-12-5-8-18(27-2)14(10-12)21-19(24)16-4-3-9-22(16)15-7-6-13(20)11-17(15)23(25)26/h5-8,10-11,16H,3-4,9H2,1-2H3,(H,21,24). The fraction of sp³-hybridized carbons (Fsp3) is 0.316. The molecule has 2 aromatic rings. The van der Waals surface area contributed by atoms with Gasteiger partial charge in [-0.1, -0.05) is 6.07 Å². The molecule has 1 N–H and O–H groups in total. The van der Waals surface area contributed by atoms with Crippen molar-refractivity contribution in [3.8, 4) is 5.75 Å². The minimum absolute atomic E-state index is 0.246. The van der Waals surface area contributed by atoms with E-state index < -0.39 is 16.8 Å². The third-order valence-electron chi connectivity index (χ3n) is 4.61. The van der Waals surface area contributed by atoms with Crippen molar-refractivity contribution in [1.82, 2.24) is 0 Å². The molecule has 1 heterocycles. The number of hydrogen-bond acceptors (Lipinski definition) is 5. The van der Waals surface area contributed by atoms with Gasteiger partial charge in [-0.15, -0.1) is 0 Å². The van der Waals surface area contributed by atoms with Gasteiger partial charge in [0.25, 0.3) is 5.69 Å². The van der Waals surface area contributed by atoms with E-state index in [0.29, 0.717) is 30.8 Å². The zero-order valence-electron chi connectivity index (χ0n) is 15.1. The minimum Gasteiger partial charge on any atom is -0.495 e. The number of halogens is 1. The van der Waals surface area contributed by atoms with Crippen LogP contribution in [0.5, 0.6) is 5.75 Å². The van der Waals surface area contributed by atoms with Gasteiger partial charge in [0.05, 0.1) is 23.8 Å². The van der Waals surface area contributed by atoms with E-state index in [-0.39, 0.29) is 17.3 Å². The van der Waals surface area contributed by atoms with Crippen LogP contribution in [0.4, 0.5) is 21.5 Å². The van der Waals surface area contributed by atoms with E-state index in [2.05, 4.69) is 5.32 Å². The minimum atomic E-state index is -0.685. The average Bonchev–Trinajstić information content (AvgIpc) is 3.11. The number of nitrogens with one attached hydrogen (secondary N) is 1. The van der Waals surface area contributed by atoms with Crippen LogP contribution in [-0.4, -0.2) is 30.5 Å². The van der Waals surface area contributed by atoms with E-state index in [4.69, 9.17) is 4.74 Å². The van der Waals surface area contributed by atoms with Gasteiger partial charge in [0.15, 0.2) is 0 Å². The summed E-state index contributed by atoms with van der Waals surface area (Å²) in [5.41, 5.74) is 1.41. The molecule has 27 heavy (non-hydrogen) atoms. The Morgan fingerprint density at radius 3 is 2.81 bits per heavy atom. The van der Waals surface area contributed by atoms with Gasteiger partial charge in [-0.3, -0.25) is 14.9 Å². The summed E-state index contributed by atoms with van der Waals surface area (Å²) in [4.78, 5) is 25.2. The normalized spacial score (nSPS) is 16.3. The van der Waals surface area contributed by atoms with Crippen molar-refractivity contribution in [3.63, 3.8) is 0 Å². The average molecular weight is 373 g/mol. The highest BCUT2D eigenvalue weighted by Crippen LogP contribution is 2.35. The first kappa shape index (κ1) is 18.6. The van der Waals surface area contributed by atoms with Crippen molar-refractivity contribution >= 4 is 23.0 Å². The summed E-state index contributed by atoms with van der Waals surface area (Å²) in [6.07, 6.45) is 1.26. The van der Waals surface area contributed by atoms with Gasteiger partial charge >= 0.3 is 0 Å². The summed E-state index contributed by atoms with van der Waals surface area (Å²) < 4.78 is 18.7. The molecule has 142 valence electrons. The Kier molecular flexibility index (Phi) is 5.25. The van der Waals surface area contributed by atoms with Crippen LogP contribution in [0.1, 0.15) is 18.4 Å². The maximum atomic E-state index is 13.4. The lowest BCUT2D eigenvalue weighted by atomic mass is 10.1. The molecule has 0 saturated carbocycles. The molecule has 0 spiro atoms. The molecule has 7 nitrogen and oxygen atoms in total. The molecular weight excluding hydrogens is 353 g/mol. The SMILES string of the molecule is COc1ccc(C)cc1NC(=O)C1CCCN1c1ccc(F)cc1[N+](=O)[O-]. The van der Waals surface area contributed by atoms with Crippen molar-refractivity contribution < 1.29 is 18.8 Å². The van der Waals surface area contributed by atoms with Crippen LogP contribution in [0.25, 0.3) is 0 Å². The van der Waals surface area contributed by atoms with Crippen molar-refractivity contribution in [3.05, 3.63) is 57.9 Å². The zero-order chi connectivity index (χ0) is 19.6. The highest BCUT2D eigenvalue weighted by atomic mass is 19.1. The van der Waals surface area contributed by atoms with E-state index in [1.165, 1.54) is 19.2 Å². The molecule has 3 rings (SSSR count). The summed E-state index contributed by atoms with van der Waals surface area (Å²) in [5, 5.41) is 14.2. The summed E-state index contributed by atoms with van der Waals surface area (Å²) in [5.74, 6) is -0.434. The molecule has 0 aliphatic carbocycles. The molecule has 0 bridgehead atoms. The first-order valence-corrected chi connectivity index (χ1v) is 8.57. The number of anilines is 2. The smallest absolute Gasteiger partial charge is 0.295 e. The second-order valence-electron chi connectivity index (χ2n) is 6.43. The third-order valence-corrected chi connectivity index (χ3v) is 4.61. The van der Waals surface area contributed by atoms with Crippen LogP contribution in [0, 0.1) is 22.9 Å². The van der Waals surface area contributed by atoms with Crippen molar-refractivity contribution in [2.24, 2.45) is 0 Å². The Morgan fingerprint density at radius 2 is 2.11 bits per heavy atom. The molecule has 8 heteroatoms. The summed E-state index contributed by atoms with van der Waals surface area (Å²) in [6.45, 7) is 2.38. The Morgan fingerprint density at radius 1 is 1.33 bits per heavy atom. The quantitative estimate of drug-likeness (QED) is 0.639. The first-order valence-electron chi connectivity index (χ1n) is 8.57. The van der Waals surface area contributed by atoms with Crippen LogP contribution in [0.15, 0.2) is 36.4 Å². The molecule has 1 unspecified atom stereocenters. The molecule has 1 aliphatic heterocycles. The van der Waals surface area contributed by atoms with E-state index in [9.17, 15) is 19.3 Å². The van der Waals surface area contributed by atoms with E-state index >= 15 is 0 Å². The van der Waals surface area contributed by atoms with Gasteiger partial charge in [-0.25, -0.2) is 4.39 Å². The number of amides is 1. The lowest BCUT2D eigenvalue weighted by Gasteiger charge is -2.26. The molecule has 0 aromatic heterocycles. The van der Waals surface area contributed by atoms with Crippen molar-refractivity contribution in [2.45, 2.75) is 25.8 Å². The fourth-order valence-electron chi connectivity index (χ4n) is 3.35. The van der Waals surface area contributed by atoms with Crippen LogP contribution < -0.4 is 15.0 Å². The molecule has 1 amide bonds. The van der Waals surface area contributed by atoms with Gasteiger partial charge in [-0.05, 0) is 49.6 Å². The number of rotatable bonds is 5. The number of hydrogen-bond donors (Lipinski definition) is 1. The molecule has 1 fully saturated rings. The molecule has 1 atom stereocenters. The Bertz CT molecular complexity index is 887. The summed E-state index contributed by atoms with van der Waals surface area (Å²) in [6, 6.07) is 8.26. The molecular formula is C19H20FN3O4. The second-order valence-corrected chi connectivity index (χ2v) is 6.43. The highest BCUT2D eigenvalue weighted by molar-refractivity contribution is 5.98. The fourth-order valence-corrected chi connectivity index (χ4v) is 3.35. The maximum absolute atomic E-state index is 13.4. The van der Waals surface area contributed by atoms with Crippen molar-refractivity contribution in [2.75, 3.05) is 23.9 Å². The monoisotopic (exact) mass is 373 g/mol. The molecule has 1 aliphatic rings. The van der Waals surface area contributed by atoms with E-state index in [0.717, 1.165) is 11.6 Å². The lowest BCUT2D eigenvalue weighted by molar-refractivity contribution is -0.384. The topological polar surface area (TPSA) is 84.7 Å². The number of aryl methyl sites for hydroxylation is 1. The lowest BCUT2D eigenvalue weighted by Crippen LogP contribution is -2.40. The maximum Gasteiger partial charge on any atom is 0.295 e. The predicted octanol–water partition coefficient (Wildman–Crippen LogP) is 3.66. The number of nitrogens with zero attached hydrogens (tertiary/aromatic N) is 2. The molecule has 0 radical (unpaired) electrons. The third kappa shape index (κ3) is 3.84. The summed E-state index contributed by atoms with van der Waals surface area (Å²) >= 11 is 0. The number of methoxy groups -OCH3 is 1. The number of nitro benzene ring substituents is 1. The number of ether oxygens (including phenoxy) is 1. The highest BCUT2D eigenvalue weighted by Gasteiger charge is 2.35. The number of carbonyl (C=O) groups excluding carboxylic acids is 1. The van der Waals surface area contributed by atoms with Crippen LogP contribution in [0.3, 0.4) is 0 Å². The zero-order valence-corrected chi connectivity index (χ0v) is 15.1. The Labute approximate surface area is 155 Å². The summed E-state index contributed by atoms with van der Waals surface area (Å²) in [7, 11) is 1.52. The van der Waals surface area contributed by atoms with Gasteiger partial charge in [0, 0.05) is 6.54 Å². The molecule has 1 saturated heterocycles. The number of benzene rings is 2. The van der Waals surface area contributed by atoms with Crippen LogP contribution in [-0.2, 0) is 4.79 Å². The van der Waals surface area contributed by atoms with E-state index in [1.54, 1.807) is 17.0 Å². The van der Waals surface area contributed by atoms with Gasteiger partial charge in [-0.2, -0.15) is 0 Å². The van der Waals surface area contributed by atoms with Crippen molar-refractivity contribution in [1.29, 1.82) is 0 Å². The molecule has 2 aromatic carbocycles. The Balaban J connectivity index is 1.88.